The Labute approximate surface area is 150 Å². The van der Waals surface area contributed by atoms with Crippen molar-refractivity contribution in [2.24, 2.45) is 5.92 Å². The van der Waals surface area contributed by atoms with Gasteiger partial charge in [0, 0.05) is 13.2 Å². The fraction of sp³-hybridized carbons (Fsp3) is 0.650. The standard InChI is InChI=1S/C20H29NO4/c1-23-18-10-5-7-15-13-16(14-25-19(15)18)20(22)21-11-6-12-24-17-8-3-2-4-9-17/h5,7,10,16-17H,2-4,6,8-9,11-14H2,1H3,(H,21,22). The molecule has 1 fully saturated rings. The number of methoxy groups -OCH3 is 1. The summed E-state index contributed by atoms with van der Waals surface area (Å²) < 4.78 is 17.0. The lowest BCUT2D eigenvalue weighted by Crippen LogP contribution is -2.38. The largest absolute Gasteiger partial charge is 0.493 e. The number of rotatable bonds is 7. The molecule has 1 aromatic rings. The normalized spacial score (nSPS) is 20.4. The maximum Gasteiger partial charge on any atom is 0.226 e. The quantitative estimate of drug-likeness (QED) is 0.770. The zero-order valence-electron chi connectivity index (χ0n) is 15.1. The molecule has 0 spiro atoms. The zero-order chi connectivity index (χ0) is 17.5. The van der Waals surface area contributed by atoms with Gasteiger partial charge in [0.1, 0.15) is 6.61 Å². The van der Waals surface area contributed by atoms with Crippen LogP contribution in [0, 0.1) is 5.92 Å². The van der Waals surface area contributed by atoms with Gasteiger partial charge in [-0.15, -0.1) is 0 Å². The number of amides is 1. The molecule has 1 amide bonds. The summed E-state index contributed by atoms with van der Waals surface area (Å²) in [5, 5.41) is 3.02. The van der Waals surface area contributed by atoms with E-state index in [0.29, 0.717) is 25.7 Å². The zero-order valence-corrected chi connectivity index (χ0v) is 15.1. The molecule has 138 valence electrons. The minimum absolute atomic E-state index is 0.0612. The Morgan fingerprint density at radius 1 is 1.28 bits per heavy atom. The van der Waals surface area contributed by atoms with Crippen molar-refractivity contribution in [2.75, 3.05) is 26.9 Å². The highest BCUT2D eigenvalue weighted by atomic mass is 16.5. The number of carbonyl (C=O) groups excluding carboxylic acids is 1. The van der Waals surface area contributed by atoms with Crippen molar-refractivity contribution in [3.8, 4) is 11.5 Å². The van der Waals surface area contributed by atoms with E-state index in [4.69, 9.17) is 14.2 Å². The number of carbonyl (C=O) groups is 1. The molecule has 1 heterocycles. The fourth-order valence-electron chi connectivity index (χ4n) is 3.63. The van der Waals surface area contributed by atoms with E-state index in [2.05, 4.69) is 5.32 Å². The average molecular weight is 347 g/mol. The molecule has 5 nitrogen and oxygen atoms in total. The van der Waals surface area contributed by atoms with Crippen LogP contribution in [-0.4, -0.2) is 38.9 Å². The van der Waals surface area contributed by atoms with Crippen molar-refractivity contribution >= 4 is 5.91 Å². The molecule has 1 aliphatic heterocycles. The van der Waals surface area contributed by atoms with Crippen molar-refractivity contribution < 1.29 is 19.0 Å². The van der Waals surface area contributed by atoms with Gasteiger partial charge in [-0.25, -0.2) is 0 Å². The highest BCUT2D eigenvalue weighted by Gasteiger charge is 2.27. The molecule has 2 aliphatic rings. The van der Waals surface area contributed by atoms with Crippen LogP contribution in [0.1, 0.15) is 44.1 Å². The van der Waals surface area contributed by atoms with Crippen LogP contribution < -0.4 is 14.8 Å². The van der Waals surface area contributed by atoms with Gasteiger partial charge in [-0.2, -0.15) is 0 Å². The number of nitrogens with one attached hydrogen (secondary N) is 1. The number of ether oxygens (including phenoxy) is 3. The summed E-state index contributed by atoms with van der Waals surface area (Å²) in [6.07, 6.45) is 8.28. The van der Waals surface area contributed by atoms with Crippen LogP contribution in [0.2, 0.25) is 0 Å². The number of hydrogen-bond acceptors (Lipinski definition) is 4. The monoisotopic (exact) mass is 347 g/mol. The molecular weight excluding hydrogens is 318 g/mol. The maximum absolute atomic E-state index is 12.4. The molecule has 1 N–H and O–H groups in total. The van der Waals surface area contributed by atoms with Crippen LogP contribution in [0.5, 0.6) is 11.5 Å². The molecule has 0 radical (unpaired) electrons. The van der Waals surface area contributed by atoms with Crippen LogP contribution in [0.25, 0.3) is 0 Å². The first-order valence-corrected chi connectivity index (χ1v) is 9.46. The van der Waals surface area contributed by atoms with E-state index in [0.717, 1.165) is 30.1 Å². The smallest absolute Gasteiger partial charge is 0.226 e. The Morgan fingerprint density at radius 3 is 2.92 bits per heavy atom. The maximum atomic E-state index is 12.4. The van der Waals surface area contributed by atoms with Crippen LogP contribution >= 0.6 is 0 Å². The summed E-state index contributed by atoms with van der Waals surface area (Å²) in [6, 6.07) is 5.81. The summed E-state index contributed by atoms with van der Waals surface area (Å²) in [5.41, 5.74) is 1.03. The van der Waals surface area contributed by atoms with Crippen LogP contribution in [0.4, 0.5) is 0 Å². The second-order valence-electron chi connectivity index (χ2n) is 6.94. The van der Waals surface area contributed by atoms with Gasteiger partial charge in [-0.1, -0.05) is 31.4 Å². The van der Waals surface area contributed by atoms with E-state index >= 15 is 0 Å². The van der Waals surface area contributed by atoms with Gasteiger partial charge < -0.3 is 19.5 Å². The highest BCUT2D eigenvalue weighted by molar-refractivity contribution is 5.79. The Bertz CT molecular complexity index is 569. The minimum Gasteiger partial charge on any atom is -0.493 e. The van der Waals surface area contributed by atoms with Gasteiger partial charge in [-0.3, -0.25) is 4.79 Å². The van der Waals surface area contributed by atoms with Gasteiger partial charge in [-0.05, 0) is 37.3 Å². The number of fused-ring (bicyclic) bond motifs is 1. The van der Waals surface area contributed by atoms with E-state index in [-0.39, 0.29) is 11.8 Å². The van der Waals surface area contributed by atoms with Gasteiger partial charge in [0.25, 0.3) is 0 Å². The number of para-hydroxylation sites is 1. The summed E-state index contributed by atoms with van der Waals surface area (Å²) in [4.78, 5) is 12.4. The summed E-state index contributed by atoms with van der Waals surface area (Å²) in [7, 11) is 1.63. The van der Waals surface area contributed by atoms with Crippen LogP contribution in [0.15, 0.2) is 18.2 Å². The Hall–Kier alpha value is -1.75. The SMILES string of the molecule is COc1cccc2c1OCC(C(=O)NCCCOC1CCCCC1)C2. The van der Waals surface area contributed by atoms with Gasteiger partial charge in [0.15, 0.2) is 11.5 Å². The molecule has 0 saturated heterocycles. The first kappa shape index (κ1) is 18.1. The van der Waals surface area contributed by atoms with E-state index < -0.39 is 0 Å². The second kappa shape index (κ2) is 9.09. The summed E-state index contributed by atoms with van der Waals surface area (Å²) in [5.74, 6) is 1.43. The van der Waals surface area contributed by atoms with Crippen molar-refractivity contribution in [3.63, 3.8) is 0 Å². The predicted molar refractivity (Wildman–Crippen MR) is 96.1 cm³/mol. The van der Waals surface area contributed by atoms with Crippen molar-refractivity contribution in [3.05, 3.63) is 23.8 Å². The summed E-state index contributed by atoms with van der Waals surface area (Å²) >= 11 is 0. The third-order valence-electron chi connectivity index (χ3n) is 5.07. The molecule has 25 heavy (non-hydrogen) atoms. The van der Waals surface area contributed by atoms with Gasteiger partial charge in [0.2, 0.25) is 5.91 Å². The second-order valence-corrected chi connectivity index (χ2v) is 6.94. The molecule has 5 heteroatoms. The fourth-order valence-corrected chi connectivity index (χ4v) is 3.63. The van der Waals surface area contributed by atoms with E-state index in [1.807, 2.05) is 18.2 Å². The van der Waals surface area contributed by atoms with Crippen LogP contribution in [-0.2, 0) is 16.0 Å². The first-order valence-electron chi connectivity index (χ1n) is 9.46. The van der Waals surface area contributed by atoms with Gasteiger partial charge >= 0.3 is 0 Å². The number of hydrogen-bond donors (Lipinski definition) is 1. The van der Waals surface area contributed by atoms with Crippen molar-refractivity contribution in [1.29, 1.82) is 0 Å². The Balaban J connectivity index is 1.37. The van der Waals surface area contributed by atoms with Crippen LogP contribution in [0.3, 0.4) is 0 Å². The van der Waals surface area contributed by atoms with E-state index in [9.17, 15) is 4.79 Å². The lowest BCUT2D eigenvalue weighted by molar-refractivity contribution is -0.126. The minimum atomic E-state index is -0.140. The third kappa shape index (κ3) is 4.88. The van der Waals surface area contributed by atoms with E-state index in [1.165, 1.54) is 32.1 Å². The van der Waals surface area contributed by atoms with Crippen molar-refractivity contribution in [1.82, 2.24) is 5.32 Å². The first-order chi connectivity index (χ1) is 12.3. The number of benzene rings is 1. The molecule has 1 unspecified atom stereocenters. The predicted octanol–water partition coefficient (Wildman–Crippen LogP) is 3.10. The lowest BCUT2D eigenvalue weighted by Gasteiger charge is -2.26. The Kier molecular flexibility index (Phi) is 6.56. The molecule has 3 rings (SSSR count). The molecule has 0 aromatic heterocycles. The highest BCUT2D eigenvalue weighted by Crippen LogP contribution is 2.36. The molecule has 1 aromatic carbocycles. The lowest BCUT2D eigenvalue weighted by atomic mass is 9.95. The summed E-state index contributed by atoms with van der Waals surface area (Å²) in [6.45, 7) is 1.79. The van der Waals surface area contributed by atoms with Crippen molar-refractivity contribution in [2.45, 2.75) is 51.0 Å². The third-order valence-corrected chi connectivity index (χ3v) is 5.07. The van der Waals surface area contributed by atoms with Gasteiger partial charge in [0.05, 0.1) is 19.1 Å². The average Bonchev–Trinajstić information content (AvgIpc) is 2.67. The molecule has 1 aliphatic carbocycles. The molecule has 1 saturated carbocycles. The molecule has 1 atom stereocenters. The topological polar surface area (TPSA) is 56.8 Å². The Morgan fingerprint density at radius 2 is 2.12 bits per heavy atom. The molecular formula is C20H29NO4. The molecule has 0 bridgehead atoms. The van der Waals surface area contributed by atoms with E-state index in [1.54, 1.807) is 7.11 Å².